The van der Waals surface area contributed by atoms with Gasteiger partial charge in [-0.3, -0.25) is 19.8 Å². The van der Waals surface area contributed by atoms with Crippen molar-refractivity contribution >= 4 is 35.3 Å². The Hall–Kier alpha value is -3.48. The first kappa shape index (κ1) is 21.7. The van der Waals surface area contributed by atoms with E-state index < -0.39 is 28.6 Å². The SMILES string of the molecule is CC1(C)S[C@@H]2C(NC(=O)[C@H](NC(=O)CC(=N)N)c3ccccc3)C(=O)N2C1c1nn[nH]n1. The molecule has 6 N–H and O–H groups in total. The molecule has 0 spiro atoms. The van der Waals surface area contributed by atoms with Crippen LogP contribution in [0.15, 0.2) is 30.3 Å². The fourth-order valence-corrected chi connectivity index (χ4v) is 5.65. The minimum absolute atomic E-state index is 0.252. The Morgan fingerprint density at radius 1 is 1.34 bits per heavy atom. The Morgan fingerprint density at radius 3 is 2.69 bits per heavy atom. The summed E-state index contributed by atoms with van der Waals surface area (Å²) in [5, 5.41) is 26.5. The van der Waals surface area contributed by atoms with Gasteiger partial charge in [0, 0.05) is 4.75 Å². The Balaban J connectivity index is 1.51. The van der Waals surface area contributed by atoms with E-state index in [2.05, 4.69) is 31.3 Å². The number of carbonyl (C=O) groups is 3. The van der Waals surface area contributed by atoms with Crippen molar-refractivity contribution < 1.29 is 14.4 Å². The number of amidine groups is 1. The van der Waals surface area contributed by atoms with E-state index in [0.717, 1.165) is 0 Å². The number of aromatic nitrogens is 4. The molecule has 168 valence electrons. The first-order chi connectivity index (χ1) is 15.2. The number of nitrogens with one attached hydrogen (secondary N) is 4. The van der Waals surface area contributed by atoms with Gasteiger partial charge in [0.2, 0.25) is 17.7 Å². The molecule has 2 fully saturated rings. The Kier molecular flexibility index (Phi) is 5.59. The fraction of sp³-hybridized carbons (Fsp3) is 0.421. The van der Waals surface area contributed by atoms with Crippen molar-refractivity contribution in [2.45, 2.75) is 48.5 Å². The topological polar surface area (TPSA) is 183 Å². The van der Waals surface area contributed by atoms with Gasteiger partial charge in [0.15, 0.2) is 5.82 Å². The van der Waals surface area contributed by atoms with Crippen molar-refractivity contribution in [3.63, 3.8) is 0 Å². The number of fused-ring (bicyclic) bond motifs is 1. The van der Waals surface area contributed by atoms with Gasteiger partial charge in [-0.1, -0.05) is 35.5 Å². The maximum atomic E-state index is 13.1. The summed E-state index contributed by atoms with van der Waals surface area (Å²) in [6.45, 7) is 3.97. The predicted octanol–water partition coefficient (Wildman–Crippen LogP) is -0.397. The molecule has 1 aromatic heterocycles. The van der Waals surface area contributed by atoms with E-state index in [1.165, 1.54) is 0 Å². The van der Waals surface area contributed by atoms with Crippen molar-refractivity contribution in [2.24, 2.45) is 5.73 Å². The lowest BCUT2D eigenvalue weighted by molar-refractivity contribution is -0.152. The number of β-lactam (4-membered cyclic amide) rings is 1. The molecule has 32 heavy (non-hydrogen) atoms. The molecule has 0 aliphatic carbocycles. The molecule has 0 saturated carbocycles. The fourth-order valence-electron chi connectivity index (χ4n) is 4.02. The van der Waals surface area contributed by atoms with Gasteiger partial charge in [-0.05, 0) is 19.4 Å². The molecule has 2 aliphatic rings. The van der Waals surface area contributed by atoms with Crippen LogP contribution in [0.2, 0.25) is 0 Å². The first-order valence-electron chi connectivity index (χ1n) is 9.90. The molecule has 3 heterocycles. The summed E-state index contributed by atoms with van der Waals surface area (Å²) in [7, 11) is 0. The molecular formula is C19H23N9O3S. The van der Waals surface area contributed by atoms with E-state index in [-0.39, 0.29) is 29.6 Å². The lowest BCUT2D eigenvalue weighted by Crippen LogP contribution is -2.68. The van der Waals surface area contributed by atoms with E-state index in [0.29, 0.717) is 11.4 Å². The lowest BCUT2D eigenvalue weighted by atomic mass is 9.95. The van der Waals surface area contributed by atoms with Crippen molar-refractivity contribution in [2.75, 3.05) is 0 Å². The number of thioether (sulfide) groups is 1. The summed E-state index contributed by atoms with van der Waals surface area (Å²) in [5.41, 5.74) is 5.85. The molecule has 4 atom stereocenters. The van der Waals surface area contributed by atoms with Gasteiger partial charge in [0.05, 0.1) is 12.3 Å². The van der Waals surface area contributed by atoms with E-state index in [9.17, 15) is 14.4 Å². The number of tetrazole rings is 1. The van der Waals surface area contributed by atoms with E-state index in [1.54, 1.807) is 47.0 Å². The van der Waals surface area contributed by atoms with Crippen molar-refractivity contribution in [1.29, 1.82) is 5.41 Å². The average Bonchev–Trinajstić information content (AvgIpc) is 3.34. The van der Waals surface area contributed by atoms with Gasteiger partial charge in [0.25, 0.3) is 0 Å². The summed E-state index contributed by atoms with van der Waals surface area (Å²) < 4.78 is -0.391. The molecule has 1 aromatic carbocycles. The van der Waals surface area contributed by atoms with Gasteiger partial charge in [-0.15, -0.1) is 22.0 Å². The highest BCUT2D eigenvalue weighted by Gasteiger charge is 2.63. The quantitative estimate of drug-likeness (QED) is 0.211. The second-order valence-electron chi connectivity index (χ2n) is 8.13. The van der Waals surface area contributed by atoms with E-state index in [4.69, 9.17) is 11.1 Å². The summed E-state index contributed by atoms with van der Waals surface area (Å²) in [6.07, 6.45) is -0.328. The first-order valence-corrected chi connectivity index (χ1v) is 10.8. The number of hydrogen-bond acceptors (Lipinski definition) is 8. The highest BCUT2D eigenvalue weighted by atomic mass is 32.2. The van der Waals surface area contributed by atoms with Gasteiger partial charge in [-0.2, -0.15) is 5.21 Å². The molecule has 13 heteroatoms. The van der Waals surface area contributed by atoms with Gasteiger partial charge >= 0.3 is 0 Å². The molecule has 2 aromatic rings. The second-order valence-corrected chi connectivity index (χ2v) is 9.90. The van der Waals surface area contributed by atoms with Crippen LogP contribution in [0.1, 0.15) is 43.7 Å². The monoisotopic (exact) mass is 457 g/mol. The third-order valence-corrected chi connectivity index (χ3v) is 6.97. The Labute approximate surface area is 187 Å². The molecule has 2 unspecified atom stereocenters. The average molecular weight is 458 g/mol. The number of rotatable bonds is 7. The second kappa shape index (κ2) is 8.22. The van der Waals surface area contributed by atoms with Crippen LogP contribution < -0.4 is 16.4 Å². The Bertz CT molecular complexity index is 1040. The zero-order chi connectivity index (χ0) is 23.0. The van der Waals surface area contributed by atoms with Crippen LogP contribution in [0.5, 0.6) is 0 Å². The summed E-state index contributed by atoms with van der Waals surface area (Å²) in [4.78, 5) is 40.0. The largest absolute Gasteiger partial charge is 0.387 e. The highest BCUT2D eigenvalue weighted by molar-refractivity contribution is 8.01. The molecule has 4 rings (SSSR count). The number of carbonyl (C=O) groups excluding carboxylic acids is 3. The van der Waals surface area contributed by atoms with Crippen LogP contribution in [0, 0.1) is 5.41 Å². The lowest BCUT2D eigenvalue weighted by Gasteiger charge is -2.44. The third kappa shape index (κ3) is 3.90. The van der Waals surface area contributed by atoms with Crippen LogP contribution in [0.4, 0.5) is 0 Å². The number of H-pyrrole nitrogens is 1. The van der Waals surface area contributed by atoms with Crippen LogP contribution in [-0.2, 0) is 14.4 Å². The smallest absolute Gasteiger partial charge is 0.249 e. The van der Waals surface area contributed by atoms with Crippen molar-refractivity contribution in [1.82, 2.24) is 36.2 Å². The summed E-state index contributed by atoms with van der Waals surface area (Å²) in [6, 6.07) is 6.52. The van der Waals surface area contributed by atoms with Gasteiger partial charge in [0.1, 0.15) is 23.5 Å². The minimum Gasteiger partial charge on any atom is -0.387 e. The van der Waals surface area contributed by atoms with E-state index in [1.807, 2.05) is 13.8 Å². The number of amides is 3. The molecule has 0 bridgehead atoms. The zero-order valence-corrected chi connectivity index (χ0v) is 18.2. The maximum absolute atomic E-state index is 13.1. The number of aromatic amines is 1. The van der Waals surface area contributed by atoms with Crippen molar-refractivity contribution in [3.8, 4) is 0 Å². The summed E-state index contributed by atoms with van der Waals surface area (Å²) >= 11 is 1.54. The zero-order valence-electron chi connectivity index (χ0n) is 17.4. The number of nitrogens with zero attached hydrogens (tertiary/aromatic N) is 4. The van der Waals surface area contributed by atoms with Crippen LogP contribution in [0.25, 0.3) is 0 Å². The normalized spacial score (nSPS) is 24.2. The molecule has 12 nitrogen and oxygen atoms in total. The standard InChI is InChI=1S/C19H23N9O3S/c1-19(2)14(15-24-26-27-25-15)28-17(31)13(18(28)32-19)23-16(30)12(9-6-4-3-5-7-9)22-11(29)8-10(20)21/h3-7,12-14,18H,8H2,1-2H3,(H3,20,21)(H,22,29)(H,23,30)(H,24,25,26,27)/t12-,13?,14?,18-/m1/s1. The van der Waals surface area contributed by atoms with Crippen LogP contribution in [-0.4, -0.2) is 65.2 Å². The molecule has 3 amide bonds. The van der Waals surface area contributed by atoms with Gasteiger partial charge < -0.3 is 21.3 Å². The van der Waals surface area contributed by atoms with Crippen LogP contribution in [0.3, 0.4) is 0 Å². The molecule has 0 radical (unpaired) electrons. The maximum Gasteiger partial charge on any atom is 0.249 e. The third-order valence-electron chi connectivity index (χ3n) is 5.40. The summed E-state index contributed by atoms with van der Waals surface area (Å²) in [5.74, 6) is -1.22. The van der Waals surface area contributed by atoms with Crippen LogP contribution >= 0.6 is 11.8 Å². The highest BCUT2D eigenvalue weighted by Crippen LogP contribution is 2.56. The number of nitrogens with two attached hydrogens (primary N) is 1. The molecule has 2 aliphatic heterocycles. The van der Waals surface area contributed by atoms with Gasteiger partial charge in [-0.25, -0.2) is 0 Å². The number of hydrogen-bond donors (Lipinski definition) is 5. The Morgan fingerprint density at radius 2 is 2.06 bits per heavy atom. The number of benzene rings is 1. The van der Waals surface area contributed by atoms with Crippen molar-refractivity contribution in [3.05, 3.63) is 41.7 Å². The molecule has 2 saturated heterocycles. The minimum atomic E-state index is -1.03. The van der Waals surface area contributed by atoms with E-state index >= 15 is 0 Å². The molecular weight excluding hydrogens is 434 g/mol. The predicted molar refractivity (Wildman–Crippen MR) is 115 cm³/mol.